The van der Waals surface area contributed by atoms with E-state index in [2.05, 4.69) is 31.9 Å². The average molecular weight is 394 g/mol. The molecule has 0 aliphatic carbocycles. The molecule has 19 heavy (non-hydrogen) atoms. The fourth-order valence-electron chi connectivity index (χ4n) is 1.81. The van der Waals surface area contributed by atoms with Gasteiger partial charge in [-0.2, -0.15) is 0 Å². The molecular weight excluding hydrogens is 385 g/mol. The van der Waals surface area contributed by atoms with E-state index in [1.54, 1.807) is 18.2 Å². The summed E-state index contributed by atoms with van der Waals surface area (Å²) in [6, 6.07) is 8.55. The molecule has 0 nitrogen and oxygen atoms in total. The van der Waals surface area contributed by atoms with Crippen molar-refractivity contribution in [2.75, 3.05) is 0 Å². The topological polar surface area (TPSA) is 0 Å². The van der Waals surface area contributed by atoms with Gasteiger partial charge in [-0.1, -0.05) is 50.1 Å². The number of halogens is 5. The number of rotatable bonds is 3. The molecule has 0 saturated heterocycles. The molecule has 0 N–H and O–H groups in total. The van der Waals surface area contributed by atoms with Crippen molar-refractivity contribution >= 4 is 31.9 Å². The molecule has 2 rings (SSSR count). The molecule has 1 atom stereocenters. The quantitative estimate of drug-likeness (QED) is 0.600. The summed E-state index contributed by atoms with van der Waals surface area (Å²) in [6.07, 6.45) is 0.169. The highest BCUT2D eigenvalue weighted by Gasteiger charge is 2.20. The Bertz CT molecular complexity index is 576. The van der Waals surface area contributed by atoms with E-state index >= 15 is 0 Å². The second kappa shape index (κ2) is 6.09. The molecule has 0 saturated carbocycles. The van der Waals surface area contributed by atoms with Crippen molar-refractivity contribution in [3.05, 3.63) is 69.4 Å². The number of hydrogen-bond acceptors (Lipinski definition) is 0. The molecule has 0 radical (unpaired) electrons. The predicted molar refractivity (Wildman–Crippen MR) is 75.8 cm³/mol. The standard InChI is InChI=1S/C14H9Br2F3/c15-9-6-12(18)14(13(19)7-9)10(16)5-8-3-1-2-4-11(8)17/h1-4,6-7,10H,5H2. The van der Waals surface area contributed by atoms with E-state index in [4.69, 9.17) is 0 Å². The van der Waals surface area contributed by atoms with E-state index in [-0.39, 0.29) is 17.8 Å². The van der Waals surface area contributed by atoms with Crippen LogP contribution in [0.2, 0.25) is 0 Å². The van der Waals surface area contributed by atoms with Crippen molar-refractivity contribution in [3.63, 3.8) is 0 Å². The third-order valence-electron chi connectivity index (χ3n) is 2.71. The normalized spacial score (nSPS) is 12.5. The summed E-state index contributed by atoms with van der Waals surface area (Å²) in [5, 5.41) is 0. The van der Waals surface area contributed by atoms with Crippen molar-refractivity contribution in [2.24, 2.45) is 0 Å². The Kier molecular flexibility index (Phi) is 4.68. The maximum absolute atomic E-state index is 13.8. The summed E-state index contributed by atoms with van der Waals surface area (Å²) in [5.74, 6) is -1.71. The van der Waals surface area contributed by atoms with Crippen molar-refractivity contribution in [1.82, 2.24) is 0 Å². The fourth-order valence-corrected chi connectivity index (χ4v) is 3.00. The van der Waals surface area contributed by atoms with Crippen LogP contribution in [0.25, 0.3) is 0 Å². The highest BCUT2D eigenvalue weighted by atomic mass is 79.9. The summed E-state index contributed by atoms with van der Waals surface area (Å²) >= 11 is 6.24. The van der Waals surface area contributed by atoms with Gasteiger partial charge in [0.05, 0.1) is 0 Å². The van der Waals surface area contributed by atoms with Crippen molar-refractivity contribution < 1.29 is 13.2 Å². The third kappa shape index (κ3) is 3.39. The summed E-state index contributed by atoms with van der Waals surface area (Å²) in [5.41, 5.74) is 0.317. The van der Waals surface area contributed by atoms with Crippen LogP contribution in [0.3, 0.4) is 0 Å². The zero-order valence-corrected chi connectivity index (χ0v) is 12.8. The molecule has 0 aromatic heterocycles. The zero-order chi connectivity index (χ0) is 14.0. The first-order valence-corrected chi connectivity index (χ1v) is 7.22. The number of hydrogen-bond donors (Lipinski definition) is 0. The molecule has 0 amide bonds. The van der Waals surface area contributed by atoms with Crippen molar-refractivity contribution in [2.45, 2.75) is 11.2 Å². The van der Waals surface area contributed by atoms with Crippen LogP contribution in [0, 0.1) is 17.5 Å². The van der Waals surface area contributed by atoms with Crippen LogP contribution in [0.15, 0.2) is 40.9 Å². The highest BCUT2D eigenvalue weighted by Crippen LogP contribution is 2.33. The zero-order valence-electron chi connectivity index (χ0n) is 9.64. The van der Waals surface area contributed by atoms with E-state index < -0.39 is 16.5 Å². The summed E-state index contributed by atoms with van der Waals surface area (Å²) in [7, 11) is 0. The number of alkyl halides is 1. The maximum atomic E-state index is 13.8. The predicted octanol–water partition coefficient (Wildman–Crippen LogP) is 5.55. The molecule has 0 spiro atoms. The van der Waals surface area contributed by atoms with Gasteiger partial charge in [0.1, 0.15) is 17.5 Å². The van der Waals surface area contributed by atoms with Gasteiger partial charge in [-0.15, -0.1) is 0 Å². The Hall–Kier alpha value is -0.810. The Balaban J connectivity index is 2.31. The van der Waals surface area contributed by atoms with Gasteiger partial charge in [-0.25, -0.2) is 13.2 Å². The lowest BCUT2D eigenvalue weighted by atomic mass is 10.0. The van der Waals surface area contributed by atoms with Crippen LogP contribution in [-0.4, -0.2) is 0 Å². The van der Waals surface area contributed by atoms with Gasteiger partial charge in [0.2, 0.25) is 0 Å². The van der Waals surface area contributed by atoms with Gasteiger partial charge in [0, 0.05) is 14.9 Å². The molecule has 2 aromatic rings. The molecule has 5 heteroatoms. The molecule has 0 heterocycles. The minimum absolute atomic E-state index is 0.0912. The second-order valence-corrected chi connectivity index (χ2v) is 6.07. The van der Waals surface area contributed by atoms with Gasteiger partial charge in [0.25, 0.3) is 0 Å². The smallest absolute Gasteiger partial charge is 0.131 e. The highest BCUT2D eigenvalue weighted by molar-refractivity contribution is 9.10. The van der Waals surface area contributed by atoms with Crippen LogP contribution in [0.4, 0.5) is 13.2 Å². The molecule has 0 aliphatic heterocycles. The monoisotopic (exact) mass is 392 g/mol. The Morgan fingerprint density at radius 3 is 2.11 bits per heavy atom. The molecule has 0 bridgehead atoms. The molecule has 0 aliphatic rings. The van der Waals surface area contributed by atoms with Gasteiger partial charge in [0.15, 0.2) is 0 Å². The lowest BCUT2D eigenvalue weighted by molar-refractivity contribution is 0.548. The van der Waals surface area contributed by atoms with Crippen molar-refractivity contribution in [1.29, 1.82) is 0 Å². The first-order valence-electron chi connectivity index (χ1n) is 5.51. The van der Waals surface area contributed by atoms with Crippen LogP contribution in [-0.2, 0) is 6.42 Å². The molecular formula is C14H9Br2F3. The molecule has 0 fully saturated rings. The second-order valence-electron chi connectivity index (χ2n) is 4.05. The third-order valence-corrected chi connectivity index (χ3v) is 3.95. The summed E-state index contributed by atoms with van der Waals surface area (Å²) in [6.45, 7) is 0. The maximum Gasteiger partial charge on any atom is 0.131 e. The minimum Gasteiger partial charge on any atom is -0.207 e. The van der Waals surface area contributed by atoms with Crippen LogP contribution < -0.4 is 0 Å². The lowest BCUT2D eigenvalue weighted by Gasteiger charge is -2.13. The average Bonchev–Trinajstić information content (AvgIpc) is 2.30. The largest absolute Gasteiger partial charge is 0.207 e. The fraction of sp³-hybridized carbons (Fsp3) is 0.143. The van der Waals surface area contributed by atoms with Crippen LogP contribution in [0.1, 0.15) is 16.0 Å². The van der Waals surface area contributed by atoms with E-state index in [0.717, 1.165) is 0 Å². The number of benzene rings is 2. The van der Waals surface area contributed by atoms with E-state index in [9.17, 15) is 13.2 Å². The molecule has 1 unspecified atom stereocenters. The Labute approximate surface area is 125 Å². The van der Waals surface area contributed by atoms with Gasteiger partial charge >= 0.3 is 0 Å². The minimum atomic E-state index is -0.662. The van der Waals surface area contributed by atoms with Crippen LogP contribution in [0.5, 0.6) is 0 Å². The van der Waals surface area contributed by atoms with Gasteiger partial charge < -0.3 is 0 Å². The molecule has 100 valence electrons. The molecule has 2 aromatic carbocycles. The van der Waals surface area contributed by atoms with E-state index in [0.29, 0.717) is 10.0 Å². The first-order chi connectivity index (χ1) is 8.99. The van der Waals surface area contributed by atoms with Crippen molar-refractivity contribution in [3.8, 4) is 0 Å². The SMILES string of the molecule is Fc1ccccc1CC(Br)c1c(F)cc(Br)cc1F. The van der Waals surface area contributed by atoms with Gasteiger partial charge in [-0.3, -0.25) is 0 Å². The Morgan fingerprint density at radius 2 is 1.53 bits per heavy atom. The summed E-state index contributed by atoms with van der Waals surface area (Å²) in [4.78, 5) is -0.627. The lowest BCUT2D eigenvalue weighted by Crippen LogP contribution is -2.03. The van der Waals surface area contributed by atoms with Crippen LogP contribution >= 0.6 is 31.9 Å². The summed E-state index contributed by atoms with van der Waals surface area (Å²) < 4.78 is 41.4. The van der Waals surface area contributed by atoms with E-state index in [1.165, 1.54) is 18.2 Å². The van der Waals surface area contributed by atoms with E-state index in [1.807, 2.05) is 0 Å². The van der Waals surface area contributed by atoms with Gasteiger partial charge in [-0.05, 0) is 30.2 Å². The Morgan fingerprint density at radius 1 is 0.947 bits per heavy atom. The first kappa shape index (κ1) is 14.6.